The first-order chi connectivity index (χ1) is 17.7. The standard InChI is InChI=1S/C31H33FN2O2/c1-36-27-16-12-24(13-17-27)9-8-23-10-14-25(15-11-23)31-29-21-33(20-26-6-2-3-7-28(26)32)18-4-5-19-34(29)30(31)22-35/h2-3,6-7,10-17,29-31,35H,4-5,18-22H2,1H3/t29-,30+,31+/m1/s1. The van der Waals surface area contributed by atoms with E-state index < -0.39 is 0 Å². The van der Waals surface area contributed by atoms with E-state index in [1.165, 1.54) is 5.56 Å². The molecule has 3 aromatic carbocycles. The second-order valence-electron chi connectivity index (χ2n) is 9.72. The molecule has 0 radical (unpaired) electrons. The molecule has 2 aliphatic rings. The number of aliphatic hydroxyl groups excluding tert-OH is 1. The highest BCUT2D eigenvalue weighted by Gasteiger charge is 2.49. The average molecular weight is 485 g/mol. The second-order valence-corrected chi connectivity index (χ2v) is 9.72. The van der Waals surface area contributed by atoms with Crippen molar-refractivity contribution in [2.75, 3.05) is 33.4 Å². The van der Waals surface area contributed by atoms with E-state index in [9.17, 15) is 9.50 Å². The molecule has 36 heavy (non-hydrogen) atoms. The van der Waals surface area contributed by atoms with Gasteiger partial charge in [-0.3, -0.25) is 9.80 Å². The van der Waals surface area contributed by atoms with Crippen molar-refractivity contribution in [1.82, 2.24) is 9.80 Å². The van der Waals surface area contributed by atoms with Crippen LogP contribution < -0.4 is 4.74 Å². The van der Waals surface area contributed by atoms with Crippen molar-refractivity contribution >= 4 is 0 Å². The Morgan fingerprint density at radius 2 is 1.58 bits per heavy atom. The van der Waals surface area contributed by atoms with Gasteiger partial charge >= 0.3 is 0 Å². The van der Waals surface area contributed by atoms with Crippen LogP contribution in [0.2, 0.25) is 0 Å². The van der Waals surface area contributed by atoms with Crippen molar-refractivity contribution in [2.45, 2.75) is 37.4 Å². The lowest BCUT2D eigenvalue weighted by Gasteiger charge is -2.57. The molecule has 2 fully saturated rings. The van der Waals surface area contributed by atoms with Gasteiger partial charge in [-0.15, -0.1) is 0 Å². The fourth-order valence-corrected chi connectivity index (χ4v) is 5.63. The summed E-state index contributed by atoms with van der Waals surface area (Å²) < 4.78 is 19.5. The minimum Gasteiger partial charge on any atom is -0.497 e. The van der Waals surface area contributed by atoms with Gasteiger partial charge in [0.05, 0.1) is 13.7 Å². The molecule has 4 nitrogen and oxygen atoms in total. The van der Waals surface area contributed by atoms with Crippen LogP contribution in [0, 0.1) is 17.7 Å². The molecule has 0 unspecified atom stereocenters. The van der Waals surface area contributed by atoms with Crippen LogP contribution in [-0.2, 0) is 6.54 Å². The summed E-state index contributed by atoms with van der Waals surface area (Å²) in [6, 6.07) is 23.7. The number of rotatable bonds is 5. The zero-order valence-electron chi connectivity index (χ0n) is 20.7. The summed E-state index contributed by atoms with van der Waals surface area (Å²) in [5.41, 5.74) is 3.89. The Kier molecular flexibility index (Phi) is 7.67. The fraction of sp³-hybridized carbons (Fsp3) is 0.355. The molecule has 0 amide bonds. The van der Waals surface area contributed by atoms with Crippen LogP contribution >= 0.6 is 0 Å². The van der Waals surface area contributed by atoms with E-state index in [1.54, 1.807) is 19.2 Å². The Morgan fingerprint density at radius 3 is 2.25 bits per heavy atom. The molecule has 0 spiro atoms. The average Bonchev–Trinajstić information content (AvgIpc) is 2.90. The van der Waals surface area contributed by atoms with E-state index in [2.05, 4.69) is 45.9 Å². The first-order valence-electron chi connectivity index (χ1n) is 12.7. The van der Waals surface area contributed by atoms with Crippen molar-refractivity contribution in [3.8, 4) is 17.6 Å². The van der Waals surface area contributed by atoms with Crippen molar-refractivity contribution in [1.29, 1.82) is 0 Å². The quantitative estimate of drug-likeness (QED) is 0.535. The normalized spacial score (nSPS) is 22.4. The van der Waals surface area contributed by atoms with Crippen molar-refractivity contribution < 1.29 is 14.2 Å². The smallest absolute Gasteiger partial charge is 0.127 e. The first kappa shape index (κ1) is 24.5. The van der Waals surface area contributed by atoms with Crippen LogP contribution in [-0.4, -0.2) is 60.3 Å². The van der Waals surface area contributed by atoms with E-state index in [-0.39, 0.29) is 24.4 Å². The topological polar surface area (TPSA) is 35.9 Å². The summed E-state index contributed by atoms with van der Waals surface area (Å²) in [6.45, 7) is 3.61. The Hall–Kier alpha value is -3.17. The lowest BCUT2D eigenvalue weighted by Crippen LogP contribution is -2.67. The van der Waals surface area contributed by atoms with Crippen LogP contribution in [0.5, 0.6) is 5.75 Å². The minimum absolute atomic E-state index is 0.125. The predicted octanol–water partition coefficient (Wildman–Crippen LogP) is 4.66. The van der Waals surface area contributed by atoms with E-state index >= 15 is 0 Å². The lowest BCUT2D eigenvalue weighted by atomic mass is 9.74. The van der Waals surface area contributed by atoms with Crippen LogP contribution in [0.3, 0.4) is 0 Å². The molecule has 0 bridgehead atoms. The number of hydrogen-bond donors (Lipinski definition) is 1. The van der Waals surface area contributed by atoms with Gasteiger partial charge in [-0.05, 0) is 74.0 Å². The summed E-state index contributed by atoms with van der Waals surface area (Å²) in [5, 5.41) is 10.2. The molecule has 5 heteroatoms. The molecule has 2 aliphatic heterocycles. The predicted molar refractivity (Wildman–Crippen MR) is 140 cm³/mol. The van der Waals surface area contributed by atoms with Gasteiger partial charge in [-0.2, -0.15) is 0 Å². The van der Waals surface area contributed by atoms with Crippen molar-refractivity contribution in [3.63, 3.8) is 0 Å². The summed E-state index contributed by atoms with van der Waals surface area (Å²) in [6.07, 6.45) is 2.18. The first-order valence-corrected chi connectivity index (χ1v) is 12.7. The maximum Gasteiger partial charge on any atom is 0.127 e. The zero-order valence-corrected chi connectivity index (χ0v) is 20.7. The largest absolute Gasteiger partial charge is 0.497 e. The highest BCUT2D eigenvalue weighted by atomic mass is 19.1. The highest BCUT2D eigenvalue weighted by Crippen LogP contribution is 2.42. The molecule has 2 saturated heterocycles. The zero-order chi connectivity index (χ0) is 24.9. The van der Waals surface area contributed by atoms with E-state index in [0.717, 1.165) is 54.9 Å². The van der Waals surface area contributed by atoms with Crippen LogP contribution in [0.15, 0.2) is 72.8 Å². The molecule has 0 aliphatic carbocycles. The number of ether oxygens (including phenoxy) is 1. The third kappa shape index (κ3) is 5.32. The maximum absolute atomic E-state index is 14.3. The molecule has 3 atom stereocenters. The molecule has 186 valence electrons. The minimum atomic E-state index is -0.138. The SMILES string of the molecule is COc1ccc(C#Cc2ccc([C@H]3[C@H]4CN(Cc5ccccc5F)CCCCN4[C@H]3CO)cc2)cc1. The Balaban J connectivity index is 1.31. The van der Waals surface area contributed by atoms with Gasteiger partial charge in [-0.25, -0.2) is 4.39 Å². The number of aliphatic hydroxyl groups is 1. The molecule has 1 N–H and O–H groups in total. The van der Waals surface area contributed by atoms with Gasteiger partial charge < -0.3 is 9.84 Å². The summed E-state index contributed by atoms with van der Waals surface area (Å²) in [7, 11) is 1.65. The monoisotopic (exact) mass is 484 g/mol. The van der Waals surface area contributed by atoms with Crippen molar-refractivity contribution in [3.05, 3.63) is 101 Å². The number of methoxy groups -OCH3 is 1. The molecule has 5 rings (SSSR count). The van der Waals surface area contributed by atoms with Gasteiger partial charge in [0.25, 0.3) is 0 Å². The molecule has 0 aromatic heterocycles. The molecular formula is C31H33FN2O2. The highest BCUT2D eigenvalue weighted by molar-refractivity contribution is 5.45. The molecular weight excluding hydrogens is 451 g/mol. The van der Waals surface area contributed by atoms with Gasteiger partial charge in [0, 0.05) is 47.8 Å². The maximum atomic E-state index is 14.3. The van der Waals surface area contributed by atoms with Crippen LogP contribution in [0.4, 0.5) is 4.39 Å². The third-order valence-electron chi connectivity index (χ3n) is 7.54. The number of hydrogen-bond acceptors (Lipinski definition) is 4. The Labute approximate surface area is 213 Å². The van der Waals surface area contributed by atoms with Crippen molar-refractivity contribution in [2.24, 2.45) is 0 Å². The van der Waals surface area contributed by atoms with E-state index in [1.807, 2.05) is 36.4 Å². The molecule has 2 heterocycles. The second kappa shape index (κ2) is 11.3. The van der Waals surface area contributed by atoms with Gasteiger partial charge in [0.15, 0.2) is 0 Å². The number of benzene rings is 3. The third-order valence-corrected chi connectivity index (χ3v) is 7.54. The number of halogens is 1. The molecule has 3 aromatic rings. The summed E-state index contributed by atoms with van der Waals surface area (Å²) >= 11 is 0. The van der Waals surface area contributed by atoms with Gasteiger partial charge in [0.1, 0.15) is 11.6 Å². The summed E-state index contributed by atoms with van der Waals surface area (Å²) in [4.78, 5) is 4.83. The van der Waals surface area contributed by atoms with Crippen LogP contribution in [0.1, 0.15) is 41.0 Å². The number of fused-ring (bicyclic) bond motifs is 1. The van der Waals surface area contributed by atoms with Crippen LogP contribution in [0.25, 0.3) is 0 Å². The number of nitrogens with zero attached hydrogens (tertiary/aromatic N) is 2. The Bertz CT molecular complexity index is 1220. The fourth-order valence-electron chi connectivity index (χ4n) is 5.63. The summed E-state index contributed by atoms with van der Waals surface area (Å²) in [5.74, 6) is 7.39. The van der Waals surface area contributed by atoms with E-state index in [4.69, 9.17) is 4.74 Å². The van der Waals surface area contributed by atoms with Gasteiger partial charge in [-0.1, -0.05) is 42.2 Å². The van der Waals surface area contributed by atoms with Gasteiger partial charge in [0.2, 0.25) is 0 Å². The van der Waals surface area contributed by atoms with E-state index in [0.29, 0.717) is 12.6 Å². The lowest BCUT2D eigenvalue weighted by molar-refractivity contribution is -0.0656. The molecule has 0 saturated carbocycles. The Morgan fingerprint density at radius 1 is 0.917 bits per heavy atom.